The van der Waals surface area contributed by atoms with E-state index in [1.807, 2.05) is 69.3 Å². The Morgan fingerprint density at radius 1 is 0.897 bits per heavy atom. The fourth-order valence-corrected chi connectivity index (χ4v) is 4.38. The molecule has 0 aliphatic heterocycles. The number of benzene rings is 2. The fourth-order valence-electron chi connectivity index (χ4n) is 4.38. The summed E-state index contributed by atoms with van der Waals surface area (Å²) in [6.45, 7) is 6.13. The Balaban J connectivity index is 1.33. The number of methoxy groups -OCH3 is 1. The van der Waals surface area contributed by atoms with Crippen LogP contribution in [0.3, 0.4) is 0 Å². The average molecular weight is 537 g/mol. The van der Waals surface area contributed by atoms with Gasteiger partial charge in [-0.3, -0.25) is 14.4 Å². The zero-order valence-electron chi connectivity index (χ0n) is 23.4. The van der Waals surface area contributed by atoms with Gasteiger partial charge in [-0.25, -0.2) is 4.79 Å². The van der Waals surface area contributed by atoms with Crippen molar-refractivity contribution in [1.29, 1.82) is 0 Å². The van der Waals surface area contributed by atoms with Crippen molar-refractivity contribution in [3.63, 3.8) is 0 Å². The molecule has 39 heavy (non-hydrogen) atoms. The topological polar surface area (TPSA) is 111 Å². The van der Waals surface area contributed by atoms with E-state index in [0.717, 1.165) is 36.1 Å². The number of hydrogen-bond donors (Lipinski definition) is 2. The zero-order valence-corrected chi connectivity index (χ0v) is 23.4. The van der Waals surface area contributed by atoms with E-state index in [4.69, 9.17) is 4.74 Å². The molecule has 2 N–H and O–H groups in total. The fraction of sp³-hybridized carbons (Fsp3) is 0.484. The van der Waals surface area contributed by atoms with Gasteiger partial charge in [0.1, 0.15) is 11.4 Å². The highest BCUT2D eigenvalue weighted by Crippen LogP contribution is 2.47. The van der Waals surface area contributed by atoms with Crippen LogP contribution in [0.2, 0.25) is 0 Å². The Morgan fingerprint density at radius 2 is 1.56 bits per heavy atom. The van der Waals surface area contributed by atoms with Crippen LogP contribution >= 0.6 is 0 Å². The average Bonchev–Trinajstić information content (AvgIpc) is 3.66. The van der Waals surface area contributed by atoms with Gasteiger partial charge in [-0.05, 0) is 80.7 Å². The third-order valence-electron chi connectivity index (χ3n) is 6.58. The molecule has 1 fully saturated rings. The number of carbonyl (C=O) groups excluding carboxylic acids is 4. The van der Waals surface area contributed by atoms with Crippen molar-refractivity contribution in [2.75, 3.05) is 19.0 Å². The number of Topliss-reactive ketones (excluding diaryl/α,β-unsaturated/α-hetero) is 1. The summed E-state index contributed by atoms with van der Waals surface area (Å²) in [4.78, 5) is 47.4. The summed E-state index contributed by atoms with van der Waals surface area (Å²) >= 11 is 0. The first-order valence-electron chi connectivity index (χ1n) is 13.6. The first kappa shape index (κ1) is 29.9. The van der Waals surface area contributed by atoms with E-state index in [0.29, 0.717) is 31.2 Å². The van der Waals surface area contributed by atoms with Crippen molar-refractivity contribution in [2.45, 2.75) is 77.2 Å². The maximum Gasteiger partial charge on any atom is 0.407 e. The molecule has 8 heteroatoms. The number of amides is 2. The monoisotopic (exact) mass is 536 g/mol. The molecule has 2 aromatic rings. The molecule has 2 unspecified atom stereocenters. The van der Waals surface area contributed by atoms with Crippen molar-refractivity contribution in [3.05, 3.63) is 65.2 Å². The lowest BCUT2D eigenvalue weighted by Crippen LogP contribution is -2.33. The van der Waals surface area contributed by atoms with Crippen molar-refractivity contribution in [2.24, 2.45) is 5.92 Å². The Bertz CT molecular complexity index is 1140. The molecule has 0 radical (unpaired) electrons. The van der Waals surface area contributed by atoms with E-state index in [1.165, 1.54) is 12.7 Å². The van der Waals surface area contributed by atoms with Gasteiger partial charge >= 0.3 is 12.1 Å². The molecule has 0 aromatic heterocycles. The highest BCUT2D eigenvalue weighted by molar-refractivity contribution is 5.90. The van der Waals surface area contributed by atoms with Gasteiger partial charge in [0.05, 0.1) is 13.5 Å². The second kappa shape index (κ2) is 13.9. The normalized spacial score (nSPS) is 16.2. The lowest BCUT2D eigenvalue weighted by Gasteiger charge is -2.19. The molecule has 210 valence electrons. The second-order valence-electron chi connectivity index (χ2n) is 11.1. The van der Waals surface area contributed by atoms with Crippen molar-refractivity contribution in [3.8, 4) is 0 Å². The van der Waals surface area contributed by atoms with Crippen molar-refractivity contribution < 1.29 is 28.7 Å². The van der Waals surface area contributed by atoms with Gasteiger partial charge in [0.2, 0.25) is 5.91 Å². The van der Waals surface area contributed by atoms with Gasteiger partial charge < -0.3 is 20.1 Å². The van der Waals surface area contributed by atoms with E-state index in [9.17, 15) is 19.2 Å². The van der Waals surface area contributed by atoms with Gasteiger partial charge in [-0.15, -0.1) is 0 Å². The van der Waals surface area contributed by atoms with Gasteiger partial charge in [0, 0.05) is 31.5 Å². The predicted octanol–water partition coefficient (Wildman–Crippen LogP) is 5.34. The number of nitrogens with one attached hydrogen (secondary N) is 2. The summed E-state index contributed by atoms with van der Waals surface area (Å²) in [7, 11) is 1.31. The van der Waals surface area contributed by atoms with Crippen LogP contribution in [0.1, 0.15) is 75.5 Å². The van der Waals surface area contributed by atoms with E-state index >= 15 is 0 Å². The largest absolute Gasteiger partial charge is 0.469 e. The van der Waals surface area contributed by atoms with Crippen LogP contribution in [0.5, 0.6) is 0 Å². The van der Waals surface area contributed by atoms with Crippen LogP contribution in [0.15, 0.2) is 48.5 Å². The highest BCUT2D eigenvalue weighted by Gasteiger charge is 2.38. The summed E-state index contributed by atoms with van der Waals surface area (Å²) < 4.78 is 9.85. The SMILES string of the molecule is COC(=O)CCC(=O)Cc1ccc(CCCC(=O)Nc2ccc(C3CC3CNC(=O)OC(C)(C)C)cc2)cc1. The van der Waals surface area contributed by atoms with Crippen molar-refractivity contribution >= 4 is 29.4 Å². The van der Waals surface area contributed by atoms with Crippen LogP contribution in [0.4, 0.5) is 10.5 Å². The first-order chi connectivity index (χ1) is 18.5. The maximum absolute atomic E-state index is 12.4. The molecular weight excluding hydrogens is 496 g/mol. The molecule has 3 rings (SSSR count). The molecule has 0 spiro atoms. The minimum atomic E-state index is -0.503. The highest BCUT2D eigenvalue weighted by atomic mass is 16.6. The minimum Gasteiger partial charge on any atom is -0.469 e. The molecule has 1 saturated carbocycles. The van der Waals surface area contributed by atoms with Crippen LogP contribution in [0.25, 0.3) is 0 Å². The molecule has 1 aliphatic carbocycles. The Morgan fingerprint density at radius 3 is 2.21 bits per heavy atom. The number of anilines is 1. The zero-order chi connectivity index (χ0) is 28.4. The molecule has 2 amide bonds. The number of alkyl carbamates (subject to hydrolysis) is 1. The Kier molecular flexibility index (Phi) is 10.7. The quantitative estimate of drug-likeness (QED) is 0.334. The summed E-state index contributed by atoms with van der Waals surface area (Å²) in [5, 5.41) is 5.80. The van der Waals surface area contributed by atoms with Gasteiger partial charge in [0.15, 0.2) is 0 Å². The molecule has 1 aliphatic rings. The molecule has 2 aromatic carbocycles. The van der Waals surface area contributed by atoms with Gasteiger partial charge in [0.25, 0.3) is 0 Å². The molecule has 0 heterocycles. The number of ketones is 1. The molecule has 8 nitrogen and oxygen atoms in total. The van der Waals surface area contributed by atoms with Gasteiger partial charge in [-0.2, -0.15) is 0 Å². The maximum atomic E-state index is 12.4. The third-order valence-corrected chi connectivity index (χ3v) is 6.58. The third kappa shape index (κ3) is 10.9. The van der Waals surface area contributed by atoms with E-state index in [-0.39, 0.29) is 36.6 Å². The number of carbonyl (C=O) groups is 4. The summed E-state index contributed by atoms with van der Waals surface area (Å²) in [5.41, 5.74) is 3.49. The molecular formula is C31H40N2O6. The number of hydrogen-bond acceptors (Lipinski definition) is 6. The number of rotatable bonds is 13. The van der Waals surface area contributed by atoms with Crippen LogP contribution in [-0.4, -0.2) is 43.0 Å². The predicted molar refractivity (Wildman–Crippen MR) is 149 cm³/mol. The molecule has 2 atom stereocenters. The standard InChI is InChI=1S/C31H40N2O6/c1-31(2,3)39-30(37)32-20-24-19-27(24)23-12-14-25(15-13-23)33-28(35)7-5-6-21-8-10-22(11-9-21)18-26(34)16-17-29(36)38-4/h8-15,24,27H,5-7,16-20H2,1-4H3,(H,32,37)(H,33,35). The van der Waals surface area contributed by atoms with Crippen LogP contribution in [0, 0.1) is 5.92 Å². The minimum absolute atomic E-state index is 0.00464. The number of ether oxygens (including phenoxy) is 2. The summed E-state index contributed by atoms with van der Waals surface area (Å²) in [6.07, 6.45) is 3.12. The number of aryl methyl sites for hydroxylation is 1. The Hall–Kier alpha value is -3.68. The molecule has 0 bridgehead atoms. The van der Waals surface area contributed by atoms with E-state index in [1.54, 1.807) is 0 Å². The summed E-state index contributed by atoms with van der Waals surface area (Å²) in [6, 6.07) is 15.7. The summed E-state index contributed by atoms with van der Waals surface area (Å²) in [5.74, 6) is 0.414. The smallest absolute Gasteiger partial charge is 0.407 e. The first-order valence-corrected chi connectivity index (χ1v) is 13.6. The molecule has 0 saturated heterocycles. The number of esters is 1. The van der Waals surface area contributed by atoms with Crippen LogP contribution < -0.4 is 10.6 Å². The van der Waals surface area contributed by atoms with Gasteiger partial charge in [-0.1, -0.05) is 36.4 Å². The van der Waals surface area contributed by atoms with E-state index in [2.05, 4.69) is 15.4 Å². The van der Waals surface area contributed by atoms with Crippen LogP contribution in [-0.2, 0) is 36.7 Å². The second-order valence-corrected chi connectivity index (χ2v) is 11.1. The lowest BCUT2D eigenvalue weighted by molar-refractivity contribution is -0.141. The van der Waals surface area contributed by atoms with Crippen molar-refractivity contribution in [1.82, 2.24) is 5.32 Å². The lowest BCUT2D eigenvalue weighted by atomic mass is 10.0. The van der Waals surface area contributed by atoms with E-state index < -0.39 is 5.60 Å². The Labute approximate surface area is 230 Å².